The van der Waals surface area contributed by atoms with Crippen molar-refractivity contribution in [3.63, 3.8) is 0 Å². The van der Waals surface area contributed by atoms with E-state index in [0.29, 0.717) is 0 Å². The van der Waals surface area contributed by atoms with Crippen LogP contribution < -0.4 is 0 Å². The number of nitrogens with zero attached hydrogens (tertiary/aromatic N) is 1. The van der Waals surface area contributed by atoms with Crippen molar-refractivity contribution in [2.24, 2.45) is 0 Å². The summed E-state index contributed by atoms with van der Waals surface area (Å²) < 4.78 is 2.34. The third-order valence-electron chi connectivity index (χ3n) is 3.16. The molecule has 1 nitrogen and oxygen atoms in total. The van der Waals surface area contributed by atoms with E-state index in [1.54, 1.807) is 6.08 Å². The van der Waals surface area contributed by atoms with Gasteiger partial charge in [-0.15, -0.1) is 6.58 Å². The van der Waals surface area contributed by atoms with E-state index < -0.39 is 0 Å². The van der Waals surface area contributed by atoms with Crippen LogP contribution in [-0.2, 0) is 6.42 Å². The molecule has 116 valence electrons. The molecule has 0 aliphatic rings. The molecule has 0 aliphatic carbocycles. The van der Waals surface area contributed by atoms with E-state index in [2.05, 4.69) is 78.7 Å². The van der Waals surface area contributed by atoms with E-state index in [-0.39, 0.29) is 0 Å². The highest BCUT2D eigenvalue weighted by Gasteiger charge is 2.07. The highest BCUT2D eigenvalue weighted by molar-refractivity contribution is 5.83. The standard InChI is InChI=1S/C16H15N.C3H6.C2H6/c1-2-14-12-13-8-6-7-11-16(13)17(14)15-9-4-3-5-10-15;1-3-2;1-2/h3-12H,2H2,1H3;3H,1H2,2H3;1-2H3. The van der Waals surface area contributed by atoms with Gasteiger partial charge in [0.25, 0.3) is 0 Å². The topological polar surface area (TPSA) is 4.93 Å². The Hall–Kier alpha value is -2.28. The minimum absolute atomic E-state index is 1.05. The number of hydrogen-bond acceptors (Lipinski definition) is 0. The number of fused-ring (bicyclic) bond motifs is 1. The lowest BCUT2D eigenvalue weighted by Gasteiger charge is -2.09. The summed E-state index contributed by atoms with van der Waals surface area (Å²) >= 11 is 0. The molecule has 0 aliphatic heterocycles. The molecule has 22 heavy (non-hydrogen) atoms. The average Bonchev–Trinajstić information content (AvgIpc) is 2.97. The van der Waals surface area contributed by atoms with E-state index in [4.69, 9.17) is 0 Å². The zero-order valence-corrected chi connectivity index (χ0v) is 14.2. The van der Waals surface area contributed by atoms with Gasteiger partial charge in [-0.25, -0.2) is 0 Å². The van der Waals surface area contributed by atoms with Crippen molar-refractivity contribution in [1.82, 2.24) is 4.57 Å². The summed E-state index contributed by atoms with van der Waals surface area (Å²) in [6.45, 7) is 11.5. The zero-order valence-electron chi connectivity index (χ0n) is 14.2. The van der Waals surface area contributed by atoms with Crippen LogP contribution in [0.4, 0.5) is 0 Å². The van der Waals surface area contributed by atoms with Gasteiger partial charge in [0.05, 0.1) is 5.52 Å². The average molecular weight is 293 g/mol. The largest absolute Gasteiger partial charge is 0.314 e. The number of aryl methyl sites for hydroxylation is 1. The third-order valence-corrected chi connectivity index (χ3v) is 3.16. The minimum Gasteiger partial charge on any atom is -0.314 e. The molecule has 2 aromatic carbocycles. The summed E-state index contributed by atoms with van der Waals surface area (Å²) in [5.41, 5.74) is 3.89. The molecule has 0 fully saturated rings. The molecule has 3 aromatic rings. The van der Waals surface area contributed by atoms with Gasteiger partial charge in [0.15, 0.2) is 0 Å². The van der Waals surface area contributed by atoms with Gasteiger partial charge in [0.2, 0.25) is 0 Å². The maximum atomic E-state index is 3.36. The lowest BCUT2D eigenvalue weighted by Crippen LogP contribution is -1.98. The van der Waals surface area contributed by atoms with Crippen LogP contribution in [0.25, 0.3) is 16.6 Å². The van der Waals surface area contributed by atoms with Gasteiger partial charge in [-0.3, -0.25) is 0 Å². The van der Waals surface area contributed by atoms with Crippen LogP contribution in [0.15, 0.2) is 73.3 Å². The third kappa shape index (κ3) is 4.11. The van der Waals surface area contributed by atoms with E-state index in [1.165, 1.54) is 22.3 Å². The Balaban J connectivity index is 0.000000435. The van der Waals surface area contributed by atoms with Gasteiger partial charge in [0, 0.05) is 16.8 Å². The Labute approximate surface area is 134 Å². The predicted octanol–water partition coefficient (Wildman–Crippen LogP) is 6.41. The number of rotatable bonds is 2. The van der Waals surface area contributed by atoms with E-state index in [9.17, 15) is 0 Å². The smallest absolute Gasteiger partial charge is 0.0531 e. The fourth-order valence-electron chi connectivity index (χ4n) is 2.35. The van der Waals surface area contributed by atoms with Gasteiger partial charge in [-0.2, -0.15) is 0 Å². The number of allylic oxidation sites excluding steroid dienone is 1. The molecule has 0 saturated heterocycles. The first-order chi connectivity index (χ1) is 10.8. The highest BCUT2D eigenvalue weighted by Crippen LogP contribution is 2.24. The van der Waals surface area contributed by atoms with Crippen LogP contribution in [-0.4, -0.2) is 4.57 Å². The van der Waals surface area contributed by atoms with E-state index in [1.807, 2.05) is 20.8 Å². The molecule has 1 heteroatoms. The quantitative estimate of drug-likeness (QED) is 0.481. The molecule has 1 aromatic heterocycles. The van der Waals surface area contributed by atoms with Crippen molar-refractivity contribution in [1.29, 1.82) is 0 Å². The molecular formula is C21H27N. The second kappa shape index (κ2) is 9.62. The van der Waals surface area contributed by atoms with Crippen molar-refractivity contribution in [2.75, 3.05) is 0 Å². The van der Waals surface area contributed by atoms with Crippen LogP contribution in [0.5, 0.6) is 0 Å². The van der Waals surface area contributed by atoms with Crippen molar-refractivity contribution < 1.29 is 0 Å². The van der Waals surface area contributed by atoms with Gasteiger partial charge >= 0.3 is 0 Å². The van der Waals surface area contributed by atoms with Gasteiger partial charge in [-0.05, 0) is 37.6 Å². The van der Waals surface area contributed by atoms with Crippen LogP contribution in [0.3, 0.4) is 0 Å². The molecule has 0 saturated carbocycles. The molecule has 0 spiro atoms. The molecule has 0 radical (unpaired) electrons. The molecular weight excluding hydrogens is 266 g/mol. The summed E-state index contributed by atoms with van der Waals surface area (Å²) in [6, 6.07) is 21.4. The molecule has 0 bridgehead atoms. The highest BCUT2D eigenvalue weighted by atomic mass is 15.0. The van der Waals surface area contributed by atoms with Crippen molar-refractivity contribution >= 4 is 10.9 Å². The second-order valence-corrected chi connectivity index (χ2v) is 4.63. The predicted molar refractivity (Wildman–Crippen MR) is 99.9 cm³/mol. The van der Waals surface area contributed by atoms with Crippen molar-refractivity contribution in [3.8, 4) is 5.69 Å². The summed E-state index contributed by atoms with van der Waals surface area (Å²) in [7, 11) is 0. The number of aromatic nitrogens is 1. The SMILES string of the molecule is C=CC.CC.CCc1cc2ccccc2n1-c1ccccc1. The Kier molecular flexibility index (Phi) is 7.77. The van der Waals surface area contributed by atoms with Crippen LogP contribution in [0.1, 0.15) is 33.4 Å². The van der Waals surface area contributed by atoms with Crippen molar-refractivity contribution in [2.45, 2.75) is 34.1 Å². The first kappa shape index (κ1) is 17.8. The van der Waals surface area contributed by atoms with Crippen LogP contribution >= 0.6 is 0 Å². The Morgan fingerprint density at radius 3 is 2.09 bits per heavy atom. The normalized spacial score (nSPS) is 9.27. The van der Waals surface area contributed by atoms with E-state index in [0.717, 1.165) is 6.42 Å². The lowest BCUT2D eigenvalue weighted by molar-refractivity contribution is 0.961. The maximum absolute atomic E-state index is 3.36. The first-order valence-electron chi connectivity index (χ1n) is 8.03. The van der Waals surface area contributed by atoms with Gasteiger partial charge in [0.1, 0.15) is 0 Å². The van der Waals surface area contributed by atoms with Crippen molar-refractivity contribution in [3.05, 3.63) is 79.0 Å². The molecule has 0 N–H and O–H groups in total. The number of hydrogen-bond donors (Lipinski definition) is 0. The fourth-order valence-corrected chi connectivity index (χ4v) is 2.35. The monoisotopic (exact) mass is 293 g/mol. The Bertz CT molecular complexity index is 677. The summed E-state index contributed by atoms with van der Waals surface area (Å²) in [4.78, 5) is 0. The molecule has 1 heterocycles. The zero-order chi connectivity index (χ0) is 16.4. The molecule has 0 unspecified atom stereocenters. The molecule has 0 amide bonds. The van der Waals surface area contributed by atoms with Gasteiger partial charge in [-0.1, -0.05) is 63.2 Å². The summed E-state index contributed by atoms with van der Waals surface area (Å²) in [5, 5.41) is 1.31. The minimum atomic E-state index is 1.05. The summed E-state index contributed by atoms with van der Waals surface area (Å²) in [5.74, 6) is 0. The fraction of sp³-hybridized carbons (Fsp3) is 0.238. The van der Waals surface area contributed by atoms with E-state index >= 15 is 0 Å². The Morgan fingerprint density at radius 1 is 0.955 bits per heavy atom. The van der Waals surface area contributed by atoms with Gasteiger partial charge < -0.3 is 4.57 Å². The summed E-state index contributed by atoms with van der Waals surface area (Å²) in [6.07, 6.45) is 2.80. The van der Waals surface area contributed by atoms with Crippen LogP contribution in [0, 0.1) is 0 Å². The maximum Gasteiger partial charge on any atom is 0.0531 e. The Morgan fingerprint density at radius 2 is 1.50 bits per heavy atom. The number of benzene rings is 2. The lowest BCUT2D eigenvalue weighted by atomic mass is 10.2. The first-order valence-corrected chi connectivity index (χ1v) is 8.03. The van der Waals surface area contributed by atoms with Crippen LogP contribution in [0.2, 0.25) is 0 Å². The number of para-hydroxylation sites is 2. The molecule has 0 atom stereocenters. The second-order valence-electron chi connectivity index (χ2n) is 4.63. The molecule has 3 rings (SSSR count).